The Hall–Kier alpha value is -2.08. The predicted octanol–water partition coefficient (Wildman–Crippen LogP) is 3.56. The van der Waals surface area contributed by atoms with Gasteiger partial charge in [-0.15, -0.1) is 6.42 Å². The van der Waals surface area contributed by atoms with Crippen LogP contribution in [0.5, 0.6) is 0 Å². The van der Waals surface area contributed by atoms with Crippen LogP contribution < -0.4 is 0 Å². The van der Waals surface area contributed by atoms with Crippen LogP contribution in [0.15, 0.2) is 30.3 Å². The Labute approximate surface area is 133 Å². The molecule has 0 heterocycles. The van der Waals surface area contributed by atoms with Gasteiger partial charge >= 0.3 is 5.97 Å². The molecule has 1 rings (SSSR count). The number of ether oxygens (including phenoxy) is 1. The Kier molecular flexibility index (Phi) is 7.99. The lowest BCUT2D eigenvalue weighted by Gasteiger charge is -2.17. The molecular formula is C19H24O3. The van der Waals surface area contributed by atoms with Gasteiger partial charge in [0.25, 0.3) is 0 Å². The summed E-state index contributed by atoms with van der Waals surface area (Å²) in [7, 11) is 0. The second kappa shape index (κ2) is 9.78. The molecule has 3 heteroatoms. The summed E-state index contributed by atoms with van der Waals surface area (Å²) < 4.78 is 5.35. The van der Waals surface area contributed by atoms with Crippen molar-refractivity contribution in [2.24, 2.45) is 5.92 Å². The van der Waals surface area contributed by atoms with Crippen molar-refractivity contribution in [1.82, 2.24) is 0 Å². The van der Waals surface area contributed by atoms with Crippen LogP contribution in [0, 0.1) is 18.3 Å². The van der Waals surface area contributed by atoms with Crippen LogP contribution >= 0.6 is 0 Å². The maximum absolute atomic E-state index is 12.3. The molecule has 0 saturated heterocycles. The van der Waals surface area contributed by atoms with Crippen molar-refractivity contribution in [3.05, 3.63) is 35.9 Å². The van der Waals surface area contributed by atoms with Crippen molar-refractivity contribution in [3.63, 3.8) is 0 Å². The maximum atomic E-state index is 12.3. The molecule has 3 nitrogen and oxygen atoms in total. The van der Waals surface area contributed by atoms with E-state index in [1.807, 2.05) is 30.3 Å². The summed E-state index contributed by atoms with van der Waals surface area (Å²) in [4.78, 5) is 24.0. The Morgan fingerprint density at radius 2 is 1.91 bits per heavy atom. The molecule has 0 saturated carbocycles. The number of Topliss-reactive ketones (excluding diaryl/α,β-unsaturated/α-hetero) is 1. The van der Waals surface area contributed by atoms with E-state index in [9.17, 15) is 9.59 Å². The van der Waals surface area contributed by atoms with Gasteiger partial charge in [-0.1, -0.05) is 56.0 Å². The first kappa shape index (κ1) is 18.0. The van der Waals surface area contributed by atoms with Gasteiger partial charge in [-0.3, -0.25) is 9.59 Å². The molecule has 0 amide bonds. The molecule has 0 aliphatic rings. The van der Waals surface area contributed by atoms with E-state index >= 15 is 0 Å². The molecule has 2 atom stereocenters. The highest BCUT2D eigenvalue weighted by atomic mass is 16.5. The molecule has 118 valence electrons. The van der Waals surface area contributed by atoms with Crippen molar-refractivity contribution in [3.8, 4) is 12.3 Å². The Balaban J connectivity index is 2.65. The molecule has 1 aromatic carbocycles. The normalized spacial score (nSPS) is 13.0. The summed E-state index contributed by atoms with van der Waals surface area (Å²) in [5.74, 6) is 0.994. The summed E-state index contributed by atoms with van der Waals surface area (Å²) >= 11 is 0. The highest BCUT2D eigenvalue weighted by Gasteiger charge is 2.27. The zero-order valence-corrected chi connectivity index (χ0v) is 13.4. The molecule has 0 radical (unpaired) electrons. The minimum Gasteiger partial charge on any atom is -0.449 e. The quantitative estimate of drug-likeness (QED) is 0.303. The van der Waals surface area contributed by atoms with E-state index in [0.717, 1.165) is 24.8 Å². The molecule has 0 fully saturated rings. The van der Waals surface area contributed by atoms with Crippen LogP contribution in [0.1, 0.15) is 45.1 Å². The Morgan fingerprint density at radius 3 is 2.45 bits per heavy atom. The van der Waals surface area contributed by atoms with Crippen LogP contribution in [0.4, 0.5) is 0 Å². The van der Waals surface area contributed by atoms with E-state index in [4.69, 9.17) is 11.2 Å². The third-order valence-corrected chi connectivity index (χ3v) is 3.57. The fourth-order valence-corrected chi connectivity index (χ4v) is 2.22. The first-order valence-corrected chi connectivity index (χ1v) is 7.79. The molecule has 1 aromatic rings. The Morgan fingerprint density at radius 1 is 1.23 bits per heavy atom. The number of terminal acetylenes is 1. The van der Waals surface area contributed by atoms with Crippen LogP contribution in [-0.4, -0.2) is 17.9 Å². The molecular weight excluding hydrogens is 276 g/mol. The standard InChI is InChI=1S/C19H24O3/c1-4-6-8-13-17(5-2)22-19(21)18(15(3)20)14-16-11-9-7-10-12-16/h2,7,9-12,17-18H,4,6,8,13-14H2,1,3H3. The van der Waals surface area contributed by atoms with E-state index < -0.39 is 18.0 Å². The van der Waals surface area contributed by atoms with Crippen molar-refractivity contribution in [1.29, 1.82) is 0 Å². The number of unbranched alkanes of at least 4 members (excludes halogenated alkanes) is 2. The summed E-state index contributed by atoms with van der Waals surface area (Å²) in [6.07, 6.45) is 8.92. The highest BCUT2D eigenvalue weighted by Crippen LogP contribution is 2.15. The van der Waals surface area contributed by atoms with E-state index in [-0.39, 0.29) is 5.78 Å². The van der Waals surface area contributed by atoms with Crippen molar-refractivity contribution >= 4 is 11.8 Å². The molecule has 0 bridgehead atoms. The molecule has 0 aromatic heterocycles. The van der Waals surface area contributed by atoms with E-state index in [1.54, 1.807) is 0 Å². The fourth-order valence-electron chi connectivity index (χ4n) is 2.22. The number of ketones is 1. The van der Waals surface area contributed by atoms with Gasteiger partial charge < -0.3 is 4.74 Å². The first-order chi connectivity index (χ1) is 10.6. The zero-order chi connectivity index (χ0) is 16.4. The molecule has 0 aliphatic carbocycles. The van der Waals surface area contributed by atoms with Gasteiger partial charge in [0.05, 0.1) is 0 Å². The topological polar surface area (TPSA) is 43.4 Å². The monoisotopic (exact) mass is 300 g/mol. The summed E-state index contributed by atoms with van der Waals surface area (Å²) in [6, 6.07) is 9.44. The highest BCUT2D eigenvalue weighted by molar-refractivity contribution is 5.98. The van der Waals surface area contributed by atoms with Gasteiger partial charge in [0.2, 0.25) is 0 Å². The average Bonchev–Trinajstić information content (AvgIpc) is 2.52. The number of benzene rings is 1. The Bertz CT molecular complexity index is 513. The number of carbonyl (C=O) groups excluding carboxylic acids is 2. The second-order valence-electron chi connectivity index (χ2n) is 5.44. The van der Waals surface area contributed by atoms with Gasteiger partial charge in [-0.25, -0.2) is 0 Å². The molecule has 0 aliphatic heterocycles. The number of rotatable bonds is 9. The van der Waals surface area contributed by atoms with Crippen LogP contribution in [0.25, 0.3) is 0 Å². The zero-order valence-electron chi connectivity index (χ0n) is 13.4. The van der Waals surface area contributed by atoms with E-state index in [1.165, 1.54) is 6.92 Å². The lowest BCUT2D eigenvalue weighted by molar-refractivity contribution is -0.154. The predicted molar refractivity (Wildman–Crippen MR) is 87.2 cm³/mol. The summed E-state index contributed by atoms with van der Waals surface area (Å²) in [6.45, 7) is 3.51. The lowest BCUT2D eigenvalue weighted by atomic mass is 9.96. The van der Waals surface area contributed by atoms with E-state index in [2.05, 4.69) is 12.8 Å². The third-order valence-electron chi connectivity index (χ3n) is 3.57. The fraction of sp³-hybridized carbons (Fsp3) is 0.474. The molecule has 2 unspecified atom stereocenters. The first-order valence-electron chi connectivity index (χ1n) is 7.79. The van der Waals surface area contributed by atoms with Gasteiger partial charge in [0, 0.05) is 0 Å². The summed E-state index contributed by atoms with van der Waals surface area (Å²) in [5, 5.41) is 0. The SMILES string of the molecule is C#CC(CCCCC)OC(=O)C(Cc1ccccc1)C(C)=O. The van der Waals surface area contributed by atoms with Crippen LogP contribution in [-0.2, 0) is 20.7 Å². The second-order valence-corrected chi connectivity index (χ2v) is 5.44. The molecule has 0 spiro atoms. The van der Waals surface area contributed by atoms with Gasteiger partial charge in [0.15, 0.2) is 6.10 Å². The minimum atomic E-state index is -0.788. The number of carbonyl (C=O) groups is 2. The number of hydrogen-bond donors (Lipinski definition) is 0. The minimum absolute atomic E-state index is 0.196. The molecule has 0 N–H and O–H groups in total. The van der Waals surface area contributed by atoms with Gasteiger partial charge in [0.1, 0.15) is 11.7 Å². The number of hydrogen-bond acceptors (Lipinski definition) is 3. The molecule has 22 heavy (non-hydrogen) atoms. The third kappa shape index (κ3) is 6.13. The lowest BCUT2D eigenvalue weighted by Crippen LogP contribution is -2.29. The number of esters is 1. The van der Waals surface area contributed by atoms with Gasteiger partial charge in [-0.05, 0) is 31.7 Å². The van der Waals surface area contributed by atoms with E-state index in [0.29, 0.717) is 12.8 Å². The largest absolute Gasteiger partial charge is 0.449 e. The van der Waals surface area contributed by atoms with Crippen LogP contribution in [0.2, 0.25) is 0 Å². The van der Waals surface area contributed by atoms with Crippen molar-refractivity contribution in [2.75, 3.05) is 0 Å². The smallest absolute Gasteiger partial charge is 0.318 e. The average molecular weight is 300 g/mol. The van der Waals surface area contributed by atoms with Crippen molar-refractivity contribution in [2.45, 2.75) is 52.1 Å². The summed E-state index contributed by atoms with van der Waals surface area (Å²) in [5.41, 5.74) is 0.933. The van der Waals surface area contributed by atoms with Gasteiger partial charge in [-0.2, -0.15) is 0 Å². The van der Waals surface area contributed by atoms with Crippen LogP contribution in [0.3, 0.4) is 0 Å². The van der Waals surface area contributed by atoms with Crippen molar-refractivity contribution < 1.29 is 14.3 Å². The maximum Gasteiger partial charge on any atom is 0.318 e.